The first-order valence-corrected chi connectivity index (χ1v) is 9.71. The maximum absolute atomic E-state index is 12.3. The van der Waals surface area contributed by atoms with Crippen LogP contribution in [0.4, 0.5) is 10.7 Å². The summed E-state index contributed by atoms with van der Waals surface area (Å²) in [5, 5.41) is 2.93. The first kappa shape index (κ1) is 19.9. The molecule has 2 amide bonds. The molecule has 2 aromatic rings. The molecule has 0 bridgehead atoms. The van der Waals surface area contributed by atoms with Crippen molar-refractivity contribution < 1.29 is 9.53 Å². The fourth-order valence-electron chi connectivity index (χ4n) is 3.06. The second kappa shape index (κ2) is 8.91. The molecular weight excluding hydrogens is 354 g/mol. The van der Waals surface area contributed by atoms with E-state index in [0.29, 0.717) is 32.2 Å². The molecule has 1 N–H and O–H groups in total. The molecule has 0 spiro atoms. The molecule has 1 aromatic carbocycles. The molecule has 2 heterocycles. The summed E-state index contributed by atoms with van der Waals surface area (Å²) < 4.78 is 5.80. The van der Waals surface area contributed by atoms with E-state index in [2.05, 4.69) is 53.1 Å². The Morgan fingerprint density at radius 2 is 1.82 bits per heavy atom. The van der Waals surface area contributed by atoms with Gasteiger partial charge in [-0.15, -0.1) is 0 Å². The largest absolute Gasteiger partial charge is 0.492 e. The van der Waals surface area contributed by atoms with Gasteiger partial charge in [-0.2, -0.15) is 0 Å². The number of hydrogen-bond donors (Lipinski definition) is 1. The maximum atomic E-state index is 12.3. The predicted molar refractivity (Wildman–Crippen MR) is 110 cm³/mol. The Labute approximate surface area is 166 Å². The van der Waals surface area contributed by atoms with Gasteiger partial charge in [0.2, 0.25) is 5.95 Å². The van der Waals surface area contributed by atoms with E-state index in [9.17, 15) is 4.79 Å². The highest BCUT2D eigenvalue weighted by Crippen LogP contribution is 2.25. The quantitative estimate of drug-likeness (QED) is 0.804. The van der Waals surface area contributed by atoms with Crippen LogP contribution in [0.3, 0.4) is 0 Å². The van der Waals surface area contributed by atoms with Gasteiger partial charge in [0.25, 0.3) is 0 Å². The van der Waals surface area contributed by atoms with Crippen LogP contribution in [0.5, 0.6) is 5.75 Å². The van der Waals surface area contributed by atoms with Crippen molar-refractivity contribution in [3.05, 3.63) is 48.3 Å². The van der Waals surface area contributed by atoms with Gasteiger partial charge in [0.15, 0.2) is 0 Å². The first-order chi connectivity index (χ1) is 13.4. The lowest BCUT2D eigenvalue weighted by Gasteiger charge is -2.34. The van der Waals surface area contributed by atoms with Crippen LogP contribution in [0, 0.1) is 0 Å². The average Bonchev–Trinajstić information content (AvgIpc) is 2.71. The number of nitrogens with zero attached hydrogens (tertiary/aromatic N) is 4. The number of amides is 2. The van der Waals surface area contributed by atoms with Crippen LogP contribution in [0.15, 0.2) is 42.7 Å². The second-order valence-electron chi connectivity index (χ2n) is 7.88. The lowest BCUT2D eigenvalue weighted by Crippen LogP contribution is -2.52. The van der Waals surface area contributed by atoms with E-state index in [-0.39, 0.29) is 11.4 Å². The minimum atomic E-state index is -0.0549. The monoisotopic (exact) mass is 383 g/mol. The standard InChI is InChI=1S/C21H29N5O2/c1-21(2,3)17-6-4-7-18(16-17)28-15-10-24-20(27)26-13-11-25(12-14-26)19-22-8-5-9-23-19/h4-9,16H,10-15H2,1-3H3,(H,24,27). The van der Waals surface area contributed by atoms with E-state index >= 15 is 0 Å². The topological polar surface area (TPSA) is 70.6 Å². The number of rotatable bonds is 5. The predicted octanol–water partition coefficient (Wildman–Crippen LogP) is 2.68. The third kappa shape index (κ3) is 5.34. The van der Waals surface area contributed by atoms with Gasteiger partial charge in [-0.3, -0.25) is 0 Å². The van der Waals surface area contributed by atoms with Crippen molar-refractivity contribution in [1.29, 1.82) is 0 Å². The molecule has 1 aliphatic rings. The number of urea groups is 1. The lowest BCUT2D eigenvalue weighted by atomic mass is 9.87. The molecule has 7 heteroatoms. The van der Waals surface area contributed by atoms with Gasteiger partial charge in [0.05, 0.1) is 6.54 Å². The molecule has 0 unspecified atom stereocenters. The van der Waals surface area contributed by atoms with E-state index < -0.39 is 0 Å². The van der Waals surface area contributed by atoms with Crippen molar-refractivity contribution >= 4 is 12.0 Å². The van der Waals surface area contributed by atoms with Crippen LogP contribution in [0.1, 0.15) is 26.3 Å². The molecule has 1 aliphatic heterocycles. The number of piperazine rings is 1. The number of benzene rings is 1. The minimum absolute atomic E-state index is 0.0549. The summed E-state index contributed by atoms with van der Waals surface area (Å²) in [6.45, 7) is 10.2. The number of nitrogens with one attached hydrogen (secondary N) is 1. The molecule has 1 saturated heterocycles. The fourth-order valence-corrected chi connectivity index (χ4v) is 3.06. The second-order valence-corrected chi connectivity index (χ2v) is 7.88. The van der Waals surface area contributed by atoms with E-state index in [1.165, 1.54) is 5.56 Å². The number of ether oxygens (including phenoxy) is 1. The summed E-state index contributed by atoms with van der Waals surface area (Å²) in [5.41, 5.74) is 1.31. The maximum Gasteiger partial charge on any atom is 0.317 e. The highest BCUT2D eigenvalue weighted by molar-refractivity contribution is 5.74. The van der Waals surface area contributed by atoms with Crippen molar-refractivity contribution in [2.45, 2.75) is 26.2 Å². The number of hydrogen-bond acceptors (Lipinski definition) is 5. The van der Waals surface area contributed by atoms with Crippen molar-refractivity contribution in [1.82, 2.24) is 20.2 Å². The Morgan fingerprint density at radius 1 is 1.11 bits per heavy atom. The molecule has 1 aromatic heterocycles. The van der Waals surface area contributed by atoms with Crippen molar-refractivity contribution in [3.8, 4) is 5.75 Å². The van der Waals surface area contributed by atoms with E-state index in [0.717, 1.165) is 18.8 Å². The van der Waals surface area contributed by atoms with Crippen molar-refractivity contribution in [2.24, 2.45) is 0 Å². The summed E-state index contributed by atoms with van der Waals surface area (Å²) in [4.78, 5) is 24.8. The first-order valence-electron chi connectivity index (χ1n) is 9.71. The van der Waals surface area contributed by atoms with Crippen LogP contribution in [0.25, 0.3) is 0 Å². The van der Waals surface area contributed by atoms with Gasteiger partial charge >= 0.3 is 6.03 Å². The molecule has 3 rings (SSSR count). The molecular formula is C21H29N5O2. The number of anilines is 1. The van der Waals surface area contributed by atoms with Crippen LogP contribution in [-0.2, 0) is 5.41 Å². The molecule has 0 saturated carbocycles. The summed E-state index contributed by atoms with van der Waals surface area (Å²) in [5.74, 6) is 1.55. The highest BCUT2D eigenvalue weighted by Gasteiger charge is 2.22. The van der Waals surface area contributed by atoms with Crippen LogP contribution in [-0.4, -0.2) is 60.2 Å². The summed E-state index contributed by atoms with van der Waals surface area (Å²) in [6, 6.07) is 9.86. The molecule has 7 nitrogen and oxygen atoms in total. The molecule has 150 valence electrons. The summed E-state index contributed by atoms with van der Waals surface area (Å²) in [6.07, 6.45) is 3.47. The van der Waals surface area contributed by atoms with E-state index in [1.807, 2.05) is 17.0 Å². The van der Waals surface area contributed by atoms with Crippen LogP contribution in [0.2, 0.25) is 0 Å². The zero-order valence-corrected chi connectivity index (χ0v) is 16.9. The van der Waals surface area contributed by atoms with Crippen molar-refractivity contribution in [2.75, 3.05) is 44.2 Å². The number of aromatic nitrogens is 2. The molecule has 0 aliphatic carbocycles. The summed E-state index contributed by atoms with van der Waals surface area (Å²) >= 11 is 0. The smallest absolute Gasteiger partial charge is 0.317 e. The van der Waals surface area contributed by atoms with Crippen LogP contribution >= 0.6 is 0 Å². The molecule has 0 atom stereocenters. The molecule has 0 radical (unpaired) electrons. The Hall–Kier alpha value is -2.83. The molecule has 28 heavy (non-hydrogen) atoms. The SMILES string of the molecule is CC(C)(C)c1cccc(OCCNC(=O)N2CCN(c3ncccn3)CC2)c1. The van der Waals surface area contributed by atoms with Gasteiger partial charge < -0.3 is 19.9 Å². The number of carbonyl (C=O) groups is 1. The Kier molecular flexibility index (Phi) is 6.34. The van der Waals surface area contributed by atoms with Crippen molar-refractivity contribution in [3.63, 3.8) is 0 Å². The summed E-state index contributed by atoms with van der Waals surface area (Å²) in [7, 11) is 0. The van der Waals surface area contributed by atoms with E-state index in [1.54, 1.807) is 18.5 Å². The zero-order chi connectivity index (χ0) is 20.0. The Bertz CT molecular complexity index is 768. The van der Waals surface area contributed by atoms with Gasteiger partial charge in [-0.05, 0) is 29.2 Å². The van der Waals surface area contributed by atoms with Gasteiger partial charge in [0, 0.05) is 38.6 Å². The highest BCUT2D eigenvalue weighted by atomic mass is 16.5. The lowest BCUT2D eigenvalue weighted by molar-refractivity contribution is 0.191. The zero-order valence-electron chi connectivity index (χ0n) is 16.9. The molecule has 1 fully saturated rings. The number of carbonyl (C=O) groups excluding carboxylic acids is 1. The third-order valence-electron chi connectivity index (χ3n) is 4.75. The average molecular weight is 383 g/mol. The van der Waals surface area contributed by atoms with Gasteiger partial charge in [-0.25, -0.2) is 14.8 Å². The normalized spacial score (nSPS) is 14.7. The van der Waals surface area contributed by atoms with Gasteiger partial charge in [-0.1, -0.05) is 32.9 Å². The van der Waals surface area contributed by atoms with Crippen LogP contribution < -0.4 is 15.0 Å². The fraction of sp³-hybridized carbons (Fsp3) is 0.476. The Morgan fingerprint density at radius 3 is 2.50 bits per heavy atom. The van der Waals surface area contributed by atoms with Gasteiger partial charge in [0.1, 0.15) is 12.4 Å². The third-order valence-corrected chi connectivity index (χ3v) is 4.75. The Balaban J connectivity index is 1.38. The minimum Gasteiger partial charge on any atom is -0.492 e. The van der Waals surface area contributed by atoms with E-state index in [4.69, 9.17) is 4.74 Å².